The van der Waals surface area contributed by atoms with Gasteiger partial charge in [0.05, 0.1) is 20.2 Å². The maximum absolute atomic E-state index is 12.2. The van der Waals surface area contributed by atoms with E-state index < -0.39 is 8.07 Å². The molecular weight excluding hydrogens is 266 g/mol. The van der Waals surface area contributed by atoms with Crippen molar-refractivity contribution in [2.75, 3.05) is 6.61 Å². The number of rotatable bonds is 1. The van der Waals surface area contributed by atoms with Crippen molar-refractivity contribution in [3.63, 3.8) is 0 Å². The van der Waals surface area contributed by atoms with Crippen molar-refractivity contribution < 1.29 is 9.53 Å². The van der Waals surface area contributed by atoms with Gasteiger partial charge in [-0.1, -0.05) is 25.7 Å². The van der Waals surface area contributed by atoms with Crippen molar-refractivity contribution in [3.05, 3.63) is 23.8 Å². The Morgan fingerprint density at radius 2 is 2.05 bits per heavy atom. The van der Waals surface area contributed by atoms with Gasteiger partial charge in [-0.3, -0.25) is 9.36 Å². The van der Waals surface area contributed by atoms with Crippen LogP contribution in [0.4, 0.5) is 0 Å². The first kappa shape index (κ1) is 13.4. The second-order valence-electron chi connectivity index (χ2n) is 6.53. The van der Waals surface area contributed by atoms with Gasteiger partial charge in [0, 0.05) is 17.6 Å². The number of carbonyl (C=O) groups is 1. The molecule has 0 fully saturated rings. The SMILES string of the molecule is CC(=O)n1c([Si](C)(C)C)c2c3c(cccc31)OCCC2. The zero-order valence-electron chi connectivity index (χ0n) is 12.6. The minimum Gasteiger partial charge on any atom is -0.493 e. The van der Waals surface area contributed by atoms with E-state index in [0.29, 0.717) is 0 Å². The summed E-state index contributed by atoms with van der Waals surface area (Å²) in [7, 11) is -1.61. The molecule has 4 heteroatoms. The molecule has 0 spiro atoms. The zero-order valence-corrected chi connectivity index (χ0v) is 13.6. The third kappa shape index (κ3) is 1.90. The fraction of sp³-hybridized carbons (Fsp3) is 0.438. The molecule has 1 aliphatic heterocycles. The van der Waals surface area contributed by atoms with Gasteiger partial charge in [0.2, 0.25) is 5.91 Å². The highest BCUT2D eigenvalue weighted by Crippen LogP contribution is 2.34. The maximum Gasteiger partial charge on any atom is 0.227 e. The third-order valence-electron chi connectivity index (χ3n) is 3.91. The van der Waals surface area contributed by atoms with Crippen LogP contribution in [0.1, 0.15) is 23.7 Å². The molecule has 106 valence electrons. The van der Waals surface area contributed by atoms with Gasteiger partial charge in [0.1, 0.15) is 5.75 Å². The lowest BCUT2D eigenvalue weighted by Gasteiger charge is -2.21. The van der Waals surface area contributed by atoms with Crippen molar-refractivity contribution in [1.82, 2.24) is 4.57 Å². The predicted molar refractivity (Wildman–Crippen MR) is 85.0 cm³/mol. The largest absolute Gasteiger partial charge is 0.493 e. The molecule has 0 aliphatic carbocycles. The van der Waals surface area contributed by atoms with Crippen LogP contribution < -0.4 is 10.1 Å². The minimum atomic E-state index is -1.61. The van der Waals surface area contributed by atoms with E-state index in [1.807, 2.05) is 22.8 Å². The van der Waals surface area contributed by atoms with Crippen LogP contribution in [0.2, 0.25) is 19.6 Å². The van der Waals surface area contributed by atoms with E-state index in [2.05, 4.69) is 19.6 Å². The molecular formula is C16H21NO2Si. The summed E-state index contributed by atoms with van der Waals surface area (Å²) < 4.78 is 7.81. The molecule has 3 nitrogen and oxygen atoms in total. The minimum absolute atomic E-state index is 0.108. The van der Waals surface area contributed by atoms with Crippen LogP contribution in [0, 0.1) is 0 Å². The summed E-state index contributed by atoms with van der Waals surface area (Å²) >= 11 is 0. The Labute approximate surface area is 120 Å². The van der Waals surface area contributed by atoms with Gasteiger partial charge in [0.15, 0.2) is 0 Å². The molecule has 3 rings (SSSR count). The van der Waals surface area contributed by atoms with Crippen LogP contribution in [0.3, 0.4) is 0 Å². The number of benzene rings is 1. The number of carbonyl (C=O) groups excluding carboxylic acids is 1. The van der Waals surface area contributed by atoms with Crippen molar-refractivity contribution in [2.24, 2.45) is 0 Å². The Morgan fingerprint density at radius 3 is 2.70 bits per heavy atom. The molecule has 1 aromatic heterocycles. The first-order chi connectivity index (χ1) is 9.41. The van der Waals surface area contributed by atoms with Gasteiger partial charge in [-0.2, -0.15) is 0 Å². The zero-order chi connectivity index (χ0) is 14.5. The van der Waals surface area contributed by atoms with E-state index in [9.17, 15) is 4.79 Å². The van der Waals surface area contributed by atoms with Crippen LogP contribution in [0.5, 0.6) is 5.75 Å². The smallest absolute Gasteiger partial charge is 0.227 e. The summed E-state index contributed by atoms with van der Waals surface area (Å²) in [5, 5.41) is 2.44. The number of aryl methyl sites for hydroxylation is 1. The highest BCUT2D eigenvalue weighted by molar-refractivity contribution is 6.89. The van der Waals surface area contributed by atoms with E-state index >= 15 is 0 Å². The lowest BCUT2D eigenvalue weighted by atomic mass is 10.1. The van der Waals surface area contributed by atoms with Crippen molar-refractivity contribution in [1.29, 1.82) is 0 Å². The summed E-state index contributed by atoms with van der Waals surface area (Å²) in [4.78, 5) is 12.2. The number of hydrogen-bond donors (Lipinski definition) is 0. The molecule has 0 unspecified atom stereocenters. The van der Waals surface area contributed by atoms with Gasteiger partial charge in [0.25, 0.3) is 0 Å². The van der Waals surface area contributed by atoms with E-state index in [1.54, 1.807) is 6.92 Å². The molecule has 0 saturated heterocycles. The number of ether oxygens (including phenoxy) is 1. The molecule has 0 radical (unpaired) electrons. The Balaban J connectivity index is 2.49. The van der Waals surface area contributed by atoms with E-state index in [1.165, 1.54) is 10.9 Å². The van der Waals surface area contributed by atoms with Gasteiger partial charge < -0.3 is 4.74 Å². The molecule has 0 amide bonds. The number of hydrogen-bond acceptors (Lipinski definition) is 2. The van der Waals surface area contributed by atoms with Crippen LogP contribution in [0.25, 0.3) is 10.9 Å². The Bertz CT molecular complexity index is 695. The Hall–Kier alpha value is -1.55. The molecule has 1 aliphatic rings. The van der Waals surface area contributed by atoms with E-state index in [-0.39, 0.29) is 5.91 Å². The molecule has 0 saturated carbocycles. The summed E-state index contributed by atoms with van der Waals surface area (Å²) in [5.74, 6) is 1.05. The maximum atomic E-state index is 12.2. The monoisotopic (exact) mass is 287 g/mol. The fourth-order valence-electron chi connectivity index (χ4n) is 3.29. The van der Waals surface area contributed by atoms with E-state index in [0.717, 1.165) is 36.1 Å². The highest BCUT2D eigenvalue weighted by atomic mass is 28.3. The second-order valence-corrected chi connectivity index (χ2v) is 11.5. The van der Waals surface area contributed by atoms with Crippen LogP contribution in [0.15, 0.2) is 18.2 Å². The van der Waals surface area contributed by atoms with Crippen molar-refractivity contribution in [2.45, 2.75) is 39.4 Å². The van der Waals surface area contributed by atoms with Crippen LogP contribution in [-0.4, -0.2) is 25.2 Å². The van der Waals surface area contributed by atoms with E-state index in [4.69, 9.17) is 4.74 Å². The average molecular weight is 287 g/mol. The Morgan fingerprint density at radius 1 is 1.30 bits per heavy atom. The molecule has 1 aromatic carbocycles. The topological polar surface area (TPSA) is 31.2 Å². The molecule has 2 aromatic rings. The van der Waals surface area contributed by atoms with Crippen molar-refractivity contribution >= 4 is 30.2 Å². The molecule has 0 atom stereocenters. The lowest BCUT2D eigenvalue weighted by Crippen LogP contribution is -2.46. The quantitative estimate of drug-likeness (QED) is 0.754. The third-order valence-corrected chi connectivity index (χ3v) is 5.86. The molecule has 2 heterocycles. The molecule has 0 bridgehead atoms. The first-order valence-corrected chi connectivity index (χ1v) is 10.7. The first-order valence-electron chi connectivity index (χ1n) is 7.22. The summed E-state index contributed by atoms with van der Waals surface area (Å²) in [6.45, 7) is 9.35. The summed E-state index contributed by atoms with van der Waals surface area (Å²) in [5.41, 5.74) is 2.37. The highest BCUT2D eigenvalue weighted by Gasteiger charge is 2.31. The average Bonchev–Trinajstić information content (AvgIpc) is 2.55. The van der Waals surface area contributed by atoms with Gasteiger partial charge in [-0.25, -0.2) is 0 Å². The fourth-order valence-corrected chi connectivity index (χ4v) is 5.40. The molecule has 0 N–H and O–H groups in total. The summed E-state index contributed by atoms with van der Waals surface area (Å²) in [6.07, 6.45) is 2.02. The normalized spacial score (nSPS) is 15.0. The summed E-state index contributed by atoms with van der Waals surface area (Å²) in [6, 6.07) is 6.05. The van der Waals surface area contributed by atoms with Crippen molar-refractivity contribution in [3.8, 4) is 5.75 Å². The standard InChI is InChI=1S/C16H21NO2Si/c1-11(18)17-13-8-5-9-14-15(13)12(7-6-10-19-14)16(17)20(2,3)4/h5,8-9H,6-7,10H2,1-4H3. The van der Waals surface area contributed by atoms with Crippen LogP contribution >= 0.6 is 0 Å². The number of nitrogens with zero attached hydrogens (tertiary/aromatic N) is 1. The van der Waals surface area contributed by atoms with Gasteiger partial charge in [-0.05, 0) is 30.5 Å². The van der Waals surface area contributed by atoms with Crippen LogP contribution in [-0.2, 0) is 6.42 Å². The van der Waals surface area contributed by atoms with Gasteiger partial charge in [-0.15, -0.1) is 0 Å². The number of aromatic nitrogens is 1. The Kier molecular flexibility index (Phi) is 3.01. The molecule has 20 heavy (non-hydrogen) atoms. The lowest BCUT2D eigenvalue weighted by molar-refractivity contribution is 0.0944. The predicted octanol–water partition coefficient (Wildman–Crippen LogP) is 3.17. The second kappa shape index (κ2) is 4.48. The van der Waals surface area contributed by atoms with Gasteiger partial charge >= 0.3 is 0 Å².